The van der Waals surface area contributed by atoms with Gasteiger partial charge in [0.15, 0.2) is 0 Å². The fourth-order valence-electron chi connectivity index (χ4n) is 2.32. The molecule has 0 saturated heterocycles. The van der Waals surface area contributed by atoms with Gasteiger partial charge in [0.1, 0.15) is 0 Å². The Morgan fingerprint density at radius 1 is 1.05 bits per heavy atom. The van der Waals surface area contributed by atoms with Gasteiger partial charge in [-0.15, -0.1) is 0 Å². The third-order valence-corrected chi connectivity index (χ3v) is 3.71. The second-order valence-electron chi connectivity index (χ2n) is 4.91. The molecule has 0 fully saturated rings. The summed E-state index contributed by atoms with van der Waals surface area (Å²) in [6.07, 6.45) is 0. The van der Waals surface area contributed by atoms with Crippen molar-refractivity contribution in [1.82, 2.24) is 4.90 Å². The van der Waals surface area contributed by atoms with E-state index in [-0.39, 0.29) is 11.8 Å². The number of amides is 2. The zero-order chi connectivity index (χ0) is 15.0. The molecule has 0 spiro atoms. The number of imide groups is 1. The van der Waals surface area contributed by atoms with Crippen molar-refractivity contribution in [3.63, 3.8) is 0 Å². The summed E-state index contributed by atoms with van der Waals surface area (Å²) in [5, 5.41) is 3.91. The summed E-state index contributed by atoms with van der Waals surface area (Å²) in [5.74, 6) is -0.516. The highest BCUT2D eigenvalue weighted by molar-refractivity contribution is 6.30. The van der Waals surface area contributed by atoms with E-state index in [1.54, 1.807) is 18.2 Å². The topological polar surface area (TPSA) is 49.4 Å². The molecule has 0 radical (unpaired) electrons. The van der Waals surface area contributed by atoms with E-state index < -0.39 is 0 Å². The minimum absolute atomic E-state index is 0.253. The molecule has 1 heterocycles. The molecule has 1 N–H and O–H groups in total. The number of halogens is 1. The van der Waals surface area contributed by atoms with Crippen LogP contribution < -0.4 is 5.32 Å². The summed E-state index contributed by atoms with van der Waals surface area (Å²) in [7, 11) is 1.49. The number of nitrogens with one attached hydrogen (secondary N) is 1. The first-order valence-electron chi connectivity index (χ1n) is 6.51. The number of anilines is 1. The van der Waals surface area contributed by atoms with Crippen molar-refractivity contribution in [2.45, 2.75) is 6.54 Å². The van der Waals surface area contributed by atoms with E-state index in [0.29, 0.717) is 22.7 Å². The molecule has 4 nitrogen and oxygen atoms in total. The first-order valence-corrected chi connectivity index (χ1v) is 6.89. The lowest BCUT2D eigenvalue weighted by Crippen LogP contribution is -2.24. The van der Waals surface area contributed by atoms with Gasteiger partial charge in [-0.1, -0.05) is 23.7 Å². The molecular formula is C16H13ClN2O2. The van der Waals surface area contributed by atoms with Crippen molar-refractivity contribution in [3.8, 4) is 0 Å². The fraction of sp³-hybridized carbons (Fsp3) is 0.125. The highest BCUT2D eigenvalue weighted by Crippen LogP contribution is 2.25. The maximum Gasteiger partial charge on any atom is 0.261 e. The number of hydrogen-bond acceptors (Lipinski definition) is 3. The first-order chi connectivity index (χ1) is 10.1. The Balaban J connectivity index is 1.80. The summed E-state index contributed by atoms with van der Waals surface area (Å²) in [6.45, 7) is 0.595. The monoisotopic (exact) mass is 300 g/mol. The third kappa shape index (κ3) is 2.50. The van der Waals surface area contributed by atoms with Crippen LogP contribution in [0.2, 0.25) is 5.02 Å². The maximum absolute atomic E-state index is 11.9. The Bertz CT molecular complexity index is 743. The Kier molecular flexibility index (Phi) is 3.39. The Labute approximate surface area is 127 Å². The quantitative estimate of drug-likeness (QED) is 0.886. The van der Waals surface area contributed by atoms with Gasteiger partial charge < -0.3 is 5.32 Å². The van der Waals surface area contributed by atoms with Gasteiger partial charge in [-0.05, 0) is 35.9 Å². The SMILES string of the molecule is CN1C(=O)c2ccc(NCc3cccc(Cl)c3)cc2C1=O. The minimum Gasteiger partial charge on any atom is -0.381 e. The van der Waals surface area contributed by atoms with Crippen LogP contribution in [0.1, 0.15) is 26.3 Å². The van der Waals surface area contributed by atoms with Gasteiger partial charge in [-0.3, -0.25) is 14.5 Å². The zero-order valence-corrected chi connectivity index (χ0v) is 12.1. The minimum atomic E-state index is -0.263. The molecule has 2 amide bonds. The number of carbonyl (C=O) groups excluding carboxylic acids is 2. The van der Waals surface area contributed by atoms with E-state index >= 15 is 0 Å². The van der Waals surface area contributed by atoms with Crippen LogP contribution in [-0.2, 0) is 6.54 Å². The van der Waals surface area contributed by atoms with Crippen LogP contribution in [0.25, 0.3) is 0 Å². The van der Waals surface area contributed by atoms with Gasteiger partial charge in [-0.2, -0.15) is 0 Å². The molecule has 5 heteroatoms. The van der Waals surface area contributed by atoms with Crippen molar-refractivity contribution >= 4 is 29.1 Å². The van der Waals surface area contributed by atoms with Crippen LogP contribution in [0.15, 0.2) is 42.5 Å². The van der Waals surface area contributed by atoms with Crippen LogP contribution in [0.3, 0.4) is 0 Å². The lowest BCUT2D eigenvalue weighted by atomic mass is 10.1. The normalized spacial score (nSPS) is 13.5. The molecule has 0 unspecified atom stereocenters. The van der Waals surface area contributed by atoms with E-state index in [0.717, 1.165) is 16.2 Å². The van der Waals surface area contributed by atoms with Crippen molar-refractivity contribution in [2.75, 3.05) is 12.4 Å². The number of fused-ring (bicyclic) bond motifs is 1. The molecule has 3 rings (SSSR count). The Hall–Kier alpha value is -2.33. The molecule has 0 atom stereocenters. The predicted molar refractivity (Wildman–Crippen MR) is 81.6 cm³/mol. The van der Waals surface area contributed by atoms with Gasteiger partial charge in [0.2, 0.25) is 0 Å². The number of benzene rings is 2. The number of hydrogen-bond donors (Lipinski definition) is 1. The standard InChI is InChI=1S/C16H13ClN2O2/c1-19-15(20)13-6-5-12(8-14(13)16(19)21)18-9-10-3-2-4-11(17)7-10/h2-8,18H,9H2,1H3. The van der Waals surface area contributed by atoms with Crippen molar-refractivity contribution in [2.24, 2.45) is 0 Å². The molecular weight excluding hydrogens is 288 g/mol. The van der Waals surface area contributed by atoms with Gasteiger partial charge in [0.05, 0.1) is 11.1 Å². The maximum atomic E-state index is 11.9. The molecule has 2 aromatic carbocycles. The summed E-state index contributed by atoms with van der Waals surface area (Å²) in [6, 6.07) is 12.7. The van der Waals surface area contributed by atoms with Gasteiger partial charge >= 0.3 is 0 Å². The molecule has 1 aliphatic rings. The highest BCUT2D eigenvalue weighted by atomic mass is 35.5. The largest absolute Gasteiger partial charge is 0.381 e. The van der Waals surface area contributed by atoms with E-state index in [2.05, 4.69) is 5.32 Å². The fourth-order valence-corrected chi connectivity index (χ4v) is 2.54. The van der Waals surface area contributed by atoms with E-state index in [1.165, 1.54) is 7.05 Å². The van der Waals surface area contributed by atoms with E-state index in [9.17, 15) is 9.59 Å². The molecule has 1 aliphatic heterocycles. The van der Waals surface area contributed by atoms with Crippen molar-refractivity contribution < 1.29 is 9.59 Å². The van der Waals surface area contributed by atoms with E-state index in [4.69, 9.17) is 11.6 Å². The van der Waals surface area contributed by atoms with Crippen LogP contribution in [0.5, 0.6) is 0 Å². The van der Waals surface area contributed by atoms with Crippen LogP contribution in [0.4, 0.5) is 5.69 Å². The predicted octanol–water partition coefficient (Wildman–Crippen LogP) is 3.18. The smallest absolute Gasteiger partial charge is 0.261 e. The Morgan fingerprint density at radius 2 is 1.81 bits per heavy atom. The van der Waals surface area contributed by atoms with Gasteiger partial charge in [0.25, 0.3) is 11.8 Å². The Morgan fingerprint density at radius 3 is 2.57 bits per heavy atom. The van der Waals surface area contributed by atoms with E-state index in [1.807, 2.05) is 24.3 Å². The molecule has 21 heavy (non-hydrogen) atoms. The first kappa shape index (κ1) is 13.6. The number of carbonyl (C=O) groups is 2. The zero-order valence-electron chi connectivity index (χ0n) is 11.4. The lowest BCUT2D eigenvalue weighted by molar-refractivity contribution is 0.0693. The van der Waals surface area contributed by atoms with Crippen LogP contribution in [0, 0.1) is 0 Å². The average Bonchev–Trinajstić information content (AvgIpc) is 2.70. The summed E-state index contributed by atoms with van der Waals surface area (Å²) >= 11 is 5.94. The summed E-state index contributed by atoms with van der Waals surface area (Å²) in [4.78, 5) is 24.9. The summed E-state index contributed by atoms with van der Waals surface area (Å²) < 4.78 is 0. The summed E-state index contributed by atoms with van der Waals surface area (Å²) in [5.41, 5.74) is 2.74. The molecule has 0 saturated carbocycles. The van der Waals surface area contributed by atoms with Crippen LogP contribution in [-0.4, -0.2) is 23.8 Å². The van der Waals surface area contributed by atoms with Crippen LogP contribution >= 0.6 is 11.6 Å². The highest BCUT2D eigenvalue weighted by Gasteiger charge is 2.32. The molecule has 0 aliphatic carbocycles. The molecule has 0 aromatic heterocycles. The third-order valence-electron chi connectivity index (χ3n) is 3.48. The second kappa shape index (κ2) is 5.22. The van der Waals surface area contributed by atoms with Crippen molar-refractivity contribution in [1.29, 1.82) is 0 Å². The number of rotatable bonds is 3. The van der Waals surface area contributed by atoms with Gasteiger partial charge in [0, 0.05) is 24.3 Å². The average molecular weight is 301 g/mol. The number of nitrogens with zero attached hydrogens (tertiary/aromatic N) is 1. The van der Waals surface area contributed by atoms with Crippen molar-refractivity contribution in [3.05, 3.63) is 64.2 Å². The lowest BCUT2D eigenvalue weighted by Gasteiger charge is -2.07. The molecule has 106 valence electrons. The molecule has 2 aromatic rings. The van der Waals surface area contributed by atoms with Gasteiger partial charge in [-0.25, -0.2) is 0 Å². The molecule has 0 bridgehead atoms. The second-order valence-corrected chi connectivity index (χ2v) is 5.35.